The van der Waals surface area contributed by atoms with E-state index in [1.54, 1.807) is 0 Å². The largest absolute Gasteiger partial charge is 0.333 e. The third-order valence-corrected chi connectivity index (χ3v) is 4.55. The van der Waals surface area contributed by atoms with Crippen LogP contribution < -0.4 is 5.73 Å². The number of nitriles is 1. The Bertz CT molecular complexity index is 1040. The monoisotopic (exact) mass is 443 g/mol. The average molecular weight is 444 g/mol. The predicted molar refractivity (Wildman–Crippen MR) is 123 cm³/mol. The normalized spacial score (nSPS) is 12.0. The van der Waals surface area contributed by atoms with Gasteiger partial charge in [0.05, 0.1) is 29.4 Å². The zero-order chi connectivity index (χ0) is 24.5. The summed E-state index contributed by atoms with van der Waals surface area (Å²) in [6.45, 7) is 9.19. The number of nitrogens with two attached hydrogens (primary N) is 1. The van der Waals surface area contributed by atoms with Gasteiger partial charge in [0, 0.05) is 29.6 Å². The summed E-state index contributed by atoms with van der Waals surface area (Å²) in [5, 5.41) is 14.6. The molecule has 0 radical (unpaired) electrons. The number of aromatic nitrogens is 3. The standard InChI is InChI=1S/C20H22N4.C3H4F2O.CH5N/c1-5-17(15-7-9-19(22-12-15)20(2,3)4)24-18-8-6-14(11-21)10-16(18)13-23-24;1-3(4,5)2-6;1-2/h6-10,12-13,17H,5H2,1-4H3;2H,1H3;2H2,1H3/t17-;;/m0../s1. The number of carbonyl (C=O) groups is 1. The fourth-order valence-electron chi connectivity index (χ4n) is 2.97. The first-order chi connectivity index (χ1) is 15.0. The molecular weight excluding hydrogens is 412 g/mol. The summed E-state index contributed by atoms with van der Waals surface area (Å²) in [6, 6.07) is 12.3. The summed E-state index contributed by atoms with van der Waals surface area (Å²) in [6.07, 6.45) is 4.32. The van der Waals surface area contributed by atoms with Crippen LogP contribution in [-0.4, -0.2) is 34.0 Å². The molecule has 6 nitrogen and oxygen atoms in total. The number of hydrogen-bond donors (Lipinski definition) is 1. The van der Waals surface area contributed by atoms with Crippen molar-refractivity contribution in [3.05, 3.63) is 59.5 Å². The van der Waals surface area contributed by atoms with Gasteiger partial charge in [0.1, 0.15) is 0 Å². The van der Waals surface area contributed by atoms with Crippen molar-refractivity contribution in [2.75, 3.05) is 7.05 Å². The fraction of sp³-hybridized carbons (Fsp3) is 0.417. The highest BCUT2D eigenvalue weighted by Crippen LogP contribution is 2.28. The van der Waals surface area contributed by atoms with Crippen molar-refractivity contribution < 1.29 is 13.6 Å². The highest BCUT2D eigenvalue weighted by molar-refractivity contribution is 5.80. The van der Waals surface area contributed by atoms with E-state index in [1.165, 1.54) is 7.05 Å². The van der Waals surface area contributed by atoms with Crippen LogP contribution in [-0.2, 0) is 10.2 Å². The first kappa shape index (κ1) is 26.9. The molecule has 0 fully saturated rings. The molecule has 1 aromatic carbocycles. The lowest BCUT2D eigenvalue weighted by atomic mass is 9.91. The van der Waals surface area contributed by atoms with Gasteiger partial charge in [0.2, 0.25) is 0 Å². The SMILES string of the molecule is CC(F)(F)C=O.CC[C@@H](c1ccc(C(C)(C)C)nc1)n1ncc2cc(C#N)ccc21.CN. The predicted octanol–water partition coefficient (Wildman–Crippen LogP) is 5.02. The molecule has 0 saturated heterocycles. The number of hydrogen-bond acceptors (Lipinski definition) is 5. The quantitative estimate of drug-likeness (QED) is 0.571. The van der Waals surface area contributed by atoms with E-state index in [-0.39, 0.29) is 11.5 Å². The number of carbonyl (C=O) groups excluding carboxylic acids is 1. The Morgan fingerprint density at radius 3 is 2.22 bits per heavy atom. The summed E-state index contributed by atoms with van der Waals surface area (Å²) in [4.78, 5) is 13.7. The minimum atomic E-state index is -3.14. The first-order valence-electron chi connectivity index (χ1n) is 10.3. The maximum absolute atomic E-state index is 11.1. The van der Waals surface area contributed by atoms with E-state index in [4.69, 9.17) is 10.1 Å². The van der Waals surface area contributed by atoms with Crippen LogP contribution in [0.3, 0.4) is 0 Å². The smallest absolute Gasteiger partial charge is 0.299 e. The van der Waals surface area contributed by atoms with Gasteiger partial charge in [-0.3, -0.25) is 14.5 Å². The topological polar surface area (TPSA) is 97.6 Å². The second-order valence-corrected chi connectivity index (χ2v) is 8.20. The molecule has 3 aromatic rings. The molecule has 0 bridgehead atoms. The highest BCUT2D eigenvalue weighted by Gasteiger charge is 2.19. The minimum Gasteiger partial charge on any atom is -0.333 e. The highest BCUT2D eigenvalue weighted by atomic mass is 19.3. The Labute approximate surface area is 188 Å². The lowest BCUT2D eigenvalue weighted by molar-refractivity contribution is -0.126. The van der Waals surface area contributed by atoms with E-state index in [9.17, 15) is 8.78 Å². The van der Waals surface area contributed by atoms with Gasteiger partial charge in [0.25, 0.3) is 5.92 Å². The Morgan fingerprint density at radius 1 is 1.16 bits per heavy atom. The molecule has 0 spiro atoms. The van der Waals surface area contributed by atoms with Gasteiger partial charge in [-0.2, -0.15) is 19.1 Å². The van der Waals surface area contributed by atoms with E-state index < -0.39 is 12.2 Å². The van der Waals surface area contributed by atoms with Crippen LogP contribution in [0, 0.1) is 11.3 Å². The maximum atomic E-state index is 11.1. The van der Waals surface area contributed by atoms with Crippen molar-refractivity contribution in [3.8, 4) is 6.07 Å². The number of benzene rings is 1. The van der Waals surface area contributed by atoms with Crippen molar-refractivity contribution in [1.29, 1.82) is 5.26 Å². The maximum Gasteiger partial charge on any atom is 0.299 e. The van der Waals surface area contributed by atoms with Crippen molar-refractivity contribution in [2.24, 2.45) is 5.73 Å². The summed E-state index contributed by atoms with van der Waals surface area (Å²) < 4.78 is 24.2. The molecule has 8 heteroatoms. The average Bonchev–Trinajstić information content (AvgIpc) is 3.18. The summed E-state index contributed by atoms with van der Waals surface area (Å²) >= 11 is 0. The van der Waals surface area contributed by atoms with E-state index in [0.29, 0.717) is 12.5 Å². The van der Waals surface area contributed by atoms with Gasteiger partial charge >= 0.3 is 0 Å². The molecule has 0 aliphatic carbocycles. The van der Waals surface area contributed by atoms with Crippen molar-refractivity contribution in [1.82, 2.24) is 14.8 Å². The fourth-order valence-corrected chi connectivity index (χ4v) is 2.97. The number of pyridine rings is 1. The molecule has 0 aliphatic rings. The molecule has 1 atom stereocenters. The number of alkyl halides is 2. The summed E-state index contributed by atoms with van der Waals surface area (Å²) in [7, 11) is 1.50. The number of nitrogens with zero attached hydrogens (tertiary/aromatic N) is 4. The van der Waals surface area contributed by atoms with Gasteiger partial charge in [-0.25, -0.2) is 0 Å². The van der Waals surface area contributed by atoms with Crippen LogP contribution >= 0.6 is 0 Å². The van der Waals surface area contributed by atoms with Gasteiger partial charge in [-0.1, -0.05) is 33.8 Å². The van der Waals surface area contributed by atoms with Crippen LogP contribution in [0.1, 0.15) is 63.9 Å². The lowest BCUT2D eigenvalue weighted by Gasteiger charge is -2.21. The third-order valence-electron chi connectivity index (χ3n) is 4.55. The van der Waals surface area contributed by atoms with Gasteiger partial charge in [-0.15, -0.1) is 0 Å². The molecule has 2 aromatic heterocycles. The number of fused-ring (bicyclic) bond motifs is 1. The Hall–Kier alpha value is -3.18. The molecule has 172 valence electrons. The molecule has 0 aliphatic heterocycles. The molecule has 2 N–H and O–H groups in total. The minimum absolute atomic E-state index is 0.0479. The number of halogens is 2. The zero-order valence-electron chi connectivity index (χ0n) is 19.4. The third kappa shape index (κ3) is 7.20. The molecule has 0 unspecified atom stereocenters. The van der Waals surface area contributed by atoms with E-state index in [0.717, 1.165) is 28.6 Å². The Kier molecular flexibility index (Phi) is 9.60. The molecular formula is C24H31F2N5O. The summed E-state index contributed by atoms with van der Waals surface area (Å²) in [5.74, 6) is -3.14. The van der Waals surface area contributed by atoms with Crippen LogP contribution in [0.25, 0.3) is 10.9 Å². The lowest BCUT2D eigenvalue weighted by Crippen LogP contribution is -2.15. The van der Waals surface area contributed by atoms with Gasteiger partial charge in [0.15, 0.2) is 6.29 Å². The number of aldehydes is 1. The summed E-state index contributed by atoms with van der Waals surface area (Å²) in [5.41, 5.74) is 8.49. The van der Waals surface area contributed by atoms with Crippen molar-refractivity contribution in [2.45, 2.75) is 58.4 Å². The van der Waals surface area contributed by atoms with Crippen LogP contribution in [0.5, 0.6) is 0 Å². The molecule has 3 rings (SSSR count). The first-order valence-corrected chi connectivity index (χ1v) is 10.3. The second kappa shape index (κ2) is 11.4. The van der Waals surface area contributed by atoms with Crippen LogP contribution in [0.4, 0.5) is 8.78 Å². The van der Waals surface area contributed by atoms with Crippen LogP contribution in [0.2, 0.25) is 0 Å². The number of rotatable bonds is 4. The van der Waals surface area contributed by atoms with Gasteiger partial charge < -0.3 is 5.73 Å². The van der Waals surface area contributed by atoms with Crippen LogP contribution in [0.15, 0.2) is 42.7 Å². The molecule has 2 heterocycles. The van der Waals surface area contributed by atoms with E-state index in [2.05, 4.69) is 61.7 Å². The van der Waals surface area contributed by atoms with Crippen molar-refractivity contribution >= 4 is 17.2 Å². The van der Waals surface area contributed by atoms with Gasteiger partial charge in [-0.05, 0) is 43.3 Å². The molecule has 0 amide bonds. The molecule has 0 saturated carbocycles. The second-order valence-electron chi connectivity index (χ2n) is 8.20. The Balaban J connectivity index is 0.000000556. The van der Waals surface area contributed by atoms with Crippen molar-refractivity contribution in [3.63, 3.8) is 0 Å². The molecule has 32 heavy (non-hydrogen) atoms. The Morgan fingerprint density at radius 2 is 1.78 bits per heavy atom. The van der Waals surface area contributed by atoms with E-state index in [1.807, 2.05) is 35.3 Å². The van der Waals surface area contributed by atoms with E-state index >= 15 is 0 Å². The zero-order valence-corrected chi connectivity index (χ0v) is 19.4.